The molecule has 0 radical (unpaired) electrons. The Bertz CT molecular complexity index is 498. The van der Waals surface area contributed by atoms with Crippen LogP contribution >= 0.6 is 24.0 Å². The second-order valence-electron chi connectivity index (χ2n) is 3.92. The molecular weight excluding hydrogens is 302 g/mol. The van der Waals surface area contributed by atoms with E-state index in [2.05, 4.69) is 10.0 Å². The van der Waals surface area contributed by atoms with Crippen molar-refractivity contribution in [1.82, 2.24) is 10.0 Å². The van der Waals surface area contributed by atoms with E-state index in [1.54, 1.807) is 0 Å². The predicted octanol–water partition coefficient (Wildman–Crippen LogP) is 1.54. The van der Waals surface area contributed by atoms with Gasteiger partial charge in [-0.25, -0.2) is 17.5 Å². The van der Waals surface area contributed by atoms with Gasteiger partial charge in [0.25, 0.3) is 0 Å². The van der Waals surface area contributed by atoms with Gasteiger partial charge in [-0.05, 0) is 31.2 Å². The zero-order valence-electron chi connectivity index (χ0n) is 9.32. The summed E-state index contributed by atoms with van der Waals surface area (Å²) in [6.07, 6.45) is 0.724. The van der Waals surface area contributed by atoms with Crippen molar-refractivity contribution in [3.8, 4) is 0 Å². The molecule has 1 saturated heterocycles. The Labute approximate surface area is 116 Å². The van der Waals surface area contributed by atoms with Crippen molar-refractivity contribution in [1.29, 1.82) is 0 Å². The quantitative estimate of drug-likeness (QED) is 0.890. The van der Waals surface area contributed by atoms with Crippen LogP contribution in [-0.2, 0) is 10.0 Å². The molecule has 0 bridgehead atoms. The lowest BCUT2D eigenvalue weighted by Gasteiger charge is -2.12. The molecule has 0 aromatic heterocycles. The van der Waals surface area contributed by atoms with Crippen LogP contribution in [0.1, 0.15) is 6.42 Å². The largest absolute Gasteiger partial charge is 0.315 e. The smallest absolute Gasteiger partial charge is 0.241 e. The van der Waals surface area contributed by atoms with Crippen LogP contribution in [0, 0.1) is 5.82 Å². The van der Waals surface area contributed by atoms with Gasteiger partial charge in [0.2, 0.25) is 10.0 Å². The van der Waals surface area contributed by atoms with Crippen molar-refractivity contribution < 1.29 is 12.8 Å². The van der Waals surface area contributed by atoms with Gasteiger partial charge in [-0.2, -0.15) is 0 Å². The first-order chi connectivity index (χ1) is 7.97. The summed E-state index contributed by atoms with van der Waals surface area (Å²) in [4.78, 5) is -0.144. The number of halogens is 3. The van der Waals surface area contributed by atoms with E-state index in [0.29, 0.717) is 6.54 Å². The Balaban J connectivity index is 0.00000162. The minimum absolute atomic E-state index is 0. The third-order valence-corrected chi connectivity index (χ3v) is 4.25. The fraction of sp³-hybridized carbons (Fsp3) is 0.400. The van der Waals surface area contributed by atoms with Crippen LogP contribution in [0.25, 0.3) is 0 Å². The summed E-state index contributed by atoms with van der Waals surface area (Å²) in [6, 6.07) is 3.10. The first-order valence-electron chi connectivity index (χ1n) is 5.16. The Hall–Kier alpha value is -0.400. The van der Waals surface area contributed by atoms with Crippen molar-refractivity contribution in [2.75, 3.05) is 13.1 Å². The highest BCUT2D eigenvalue weighted by molar-refractivity contribution is 7.89. The van der Waals surface area contributed by atoms with Gasteiger partial charge < -0.3 is 5.32 Å². The fourth-order valence-corrected chi connectivity index (χ4v) is 3.34. The van der Waals surface area contributed by atoms with E-state index in [-0.39, 0.29) is 28.4 Å². The fourth-order valence-electron chi connectivity index (χ4n) is 1.73. The molecule has 1 aromatic rings. The van der Waals surface area contributed by atoms with Gasteiger partial charge in [-0.3, -0.25) is 0 Å². The van der Waals surface area contributed by atoms with Gasteiger partial charge in [-0.1, -0.05) is 11.6 Å². The number of hydrogen-bond acceptors (Lipinski definition) is 3. The highest BCUT2D eigenvalue weighted by atomic mass is 35.5. The van der Waals surface area contributed by atoms with Crippen molar-refractivity contribution in [2.24, 2.45) is 0 Å². The zero-order chi connectivity index (χ0) is 12.5. The van der Waals surface area contributed by atoms with Crippen LogP contribution < -0.4 is 10.0 Å². The van der Waals surface area contributed by atoms with Crippen molar-refractivity contribution in [2.45, 2.75) is 17.4 Å². The van der Waals surface area contributed by atoms with Crippen molar-refractivity contribution in [3.63, 3.8) is 0 Å². The lowest BCUT2D eigenvalue weighted by atomic mass is 10.3. The summed E-state index contributed by atoms with van der Waals surface area (Å²) < 4.78 is 39.5. The number of rotatable bonds is 3. The number of sulfonamides is 1. The van der Waals surface area contributed by atoms with E-state index in [0.717, 1.165) is 25.1 Å². The Morgan fingerprint density at radius 3 is 2.67 bits per heavy atom. The van der Waals surface area contributed by atoms with E-state index in [1.807, 2.05) is 0 Å². The van der Waals surface area contributed by atoms with Crippen molar-refractivity contribution in [3.05, 3.63) is 29.0 Å². The molecule has 0 aliphatic carbocycles. The molecule has 1 unspecified atom stereocenters. The third-order valence-electron chi connectivity index (χ3n) is 2.53. The van der Waals surface area contributed by atoms with Gasteiger partial charge in [0.15, 0.2) is 0 Å². The molecule has 1 fully saturated rings. The lowest BCUT2D eigenvalue weighted by molar-refractivity contribution is 0.557. The highest BCUT2D eigenvalue weighted by Crippen LogP contribution is 2.18. The molecule has 8 heteroatoms. The number of nitrogens with one attached hydrogen (secondary N) is 2. The molecule has 1 aliphatic heterocycles. The SMILES string of the molecule is Cl.O=S(=O)(NC1CCNC1)c1cc(F)cc(Cl)c1. The molecular formula is C10H13Cl2FN2O2S. The molecule has 0 spiro atoms. The lowest BCUT2D eigenvalue weighted by Crippen LogP contribution is -2.36. The molecule has 1 aromatic carbocycles. The summed E-state index contributed by atoms with van der Waals surface area (Å²) in [5.74, 6) is -0.664. The highest BCUT2D eigenvalue weighted by Gasteiger charge is 2.23. The second kappa shape index (κ2) is 6.16. The molecule has 18 heavy (non-hydrogen) atoms. The van der Waals surface area contributed by atoms with Gasteiger partial charge in [0.1, 0.15) is 5.82 Å². The maximum Gasteiger partial charge on any atom is 0.241 e. The average Bonchev–Trinajstić information content (AvgIpc) is 2.68. The molecule has 0 saturated carbocycles. The Morgan fingerprint density at radius 2 is 2.11 bits per heavy atom. The topological polar surface area (TPSA) is 58.2 Å². The minimum atomic E-state index is -3.70. The maximum absolute atomic E-state index is 13.1. The van der Waals surface area contributed by atoms with Crippen LogP contribution in [0.3, 0.4) is 0 Å². The van der Waals surface area contributed by atoms with E-state index in [4.69, 9.17) is 11.6 Å². The van der Waals surface area contributed by atoms with Crippen LogP contribution in [0.2, 0.25) is 5.02 Å². The predicted molar refractivity (Wildman–Crippen MR) is 70.3 cm³/mol. The number of benzene rings is 1. The Morgan fingerprint density at radius 1 is 1.39 bits per heavy atom. The van der Waals surface area contributed by atoms with Gasteiger partial charge in [0.05, 0.1) is 4.90 Å². The standard InChI is InChI=1S/C10H12ClFN2O2S.ClH/c11-7-3-8(12)5-10(4-7)17(15,16)14-9-1-2-13-6-9;/h3-5,9,13-14H,1-2,6H2;1H. The Kier molecular flexibility index (Phi) is 5.36. The van der Waals surface area contributed by atoms with Gasteiger partial charge >= 0.3 is 0 Å². The molecule has 2 rings (SSSR count). The molecule has 2 N–H and O–H groups in total. The van der Waals surface area contributed by atoms with E-state index >= 15 is 0 Å². The van der Waals surface area contributed by atoms with E-state index in [9.17, 15) is 12.8 Å². The summed E-state index contributed by atoms with van der Waals surface area (Å²) in [5, 5.41) is 3.11. The molecule has 1 heterocycles. The first-order valence-corrected chi connectivity index (χ1v) is 7.03. The maximum atomic E-state index is 13.1. The number of hydrogen-bond donors (Lipinski definition) is 2. The average molecular weight is 315 g/mol. The van der Waals surface area contributed by atoms with Crippen LogP contribution in [0.4, 0.5) is 4.39 Å². The van der Waals surface area contributed by atoms with E-state index in [1.165, 1.54) is 6.07 Å². The van der Waals surface area contributed by atoms with Crippen LogP contribution in [-0.4, -0.2) is 27.5 Å². The molecule has 4 nitrogen and oxygen atoms in total. The summed E-state index contributed by atoms with van der Waals surface area (Å²) >= 11 is 5.63. The van der Waals surface area contributed by atoms with Crippen LogP contribution in [0.15, 0.2) is 23.1 Å². The summed E-state index contributed by atoms with van der Waals surface area (Å²) in [7, 11) is -3.70. The van der Waals surface area contributed by atoms with Crippen LogP contribution in [0.5, 0.6) is 0 Å². The molecule has 1 aliphatic rings. The molecule has 102 valence electrons. The third kappa shape index (κ3) is 3.80. The zero-order valence-corrected chi connectivity index (χ0v) is 11.7. The summed E-state index contributed by atoms with van der Waals surface area (Å²) in [5.41, 5.74) is 0. The summed E-state index contributed by atoms with van der Waals surface area (Å²) in [6.45, 7) is 1.36. The molecule has 0 amide bonds. The van der Waals surface area contributed by atoms with Gasteiger partial charge in [0, 0.05) is 17.6 Å². The van der Waals surface area contributed by atoms with Gasteiger partial charge in [-0.15, -0.1) is 12.4 Å². The van der Waals surface area contributed by atoms with Crippen molar-refractivity contribution >= 4 is 34.0 Å². The second-order valence-corrected chi connectivity index (χ2v) is 6.07. The first kappa shape index (κ1) is 15.7. The molecule has 1 atom stereocenters. The normalized spacial score (nSPS) is 19.6. The monoisotopic (exact) mass is 314 g/mol. The van der Waals surface area contributed by atoms with E-state index < -0.39 is 15.8 Å². The minimum Gasteiger partial charge on any atom is -0.315 e.